The third-order valence-corrected chi connectivity index (χ3v) is 3.20. The lowest BCUT2D eigenvalue weighted by Gasteiger charge is -1.92. The zero-order valence-electron chi connectivity index (χ0n) is 8.16. The molecule has 8 heteroatoms. The highest BCUT2D eigenvalue weighted by Gasteiger charge is 2.09. The predicted octanol–water partition coefficient (Wildman–Crippen LogP) is 1.22. The van der Waals surface area contributed by atoms with Crippen molar-refractivity contribution in [3.05, 3.63) is 22.7 Å². The predicted molar refractivity (Wildman–Crippen MR) is 64.7 cm³/mol. The summed E-state index contributed by atoms with van der Waals surface area (Å²) in [5.41, 5.74) is 6.35. The Morgan fingerprint density at radius 3 is 3.19 bits per heavy atom. The van der Waals surface area contributed by atoms with Crippen LogP contribution >= 0.6 is 23.1 Å². The first-order valence-corrected chi connectivity index (χ1v) is 6.23. The SMILES string of the molecule is NN=C(N)SCc1noc(-c2ccsc2)n1. The van der Waals surface area contributed by atoms with Crippen LogP contribution in [-0.2, 0) is 5.75 Å². The fraction of sp³-hybridized carbons (Fsp3) is 0.125. The van der Waals surface area contributed by atoms with E-state index in [0.717, 1.165) is 5.56 Å². The van der Waals surface area contributed by atoms with Crippen LogP contribution in [0.4, 0.5) is 0 Å². The van der Waals surface area contributed by atoms with Crippen LogP contribution in [0.3, 0.4) is 0 Å². The molecule has 0 bridgehead atoms. The van der Waals surface area contributed by atoms with E-state index in [9.17, 15) is 0 Å². The van der Waals surface area contributed by atoms with Gasteiger partial charge >= 0.3 is 0 Å². The summed E-state index contributed by atoms with van der Waals surface area (Å²) in [6.07, 6.45) is 0. The molecule has 0 saturated carbocycles. The van der Waals surface area contributed by atoms with Gasteiger partial charge in [-0.25, -0.2) is 0 Å². The van der Waals surface area contributed by atoms with Gasteiger partial charge in [-0.2, -0.15) is 21.4 Å². The highest BCUT2D eigenvalue weighted by atomic mass is 32.2. The summed E-state index contributed by atoms with van der Waals surface area (Å²) in [4.78, 5) is 4.22. The van der Waals surface area contributed by atoms with Gasteiger partial charge in [0.1, 0.15) is 0 Å². The van der Waals surface area contributed by atoms with E-state index in [2.05, 4.69) is 15.2 Å². The minimum absolute atomic E-state index is 0.293. The third-order valence-electron chi connectivity index (χ3n) is 1.71. The lowest BCUT2D eigenvalue weighted by Crippen LogP contribution is -2.09. The molecule has 0 unspecified atom stereocenters. The first kappa shape index (κ1) is 11.0. The maximum Gasteiger partial charge on any atom is 0.258 e. The van der Waals surface area contributed by atoms with Gasteiger partial charge < -0.3 is 16.1 Å². The summed E-state index contributed by atoms with van der Waals surface area (Å²) >= 11 is 2.84. The zero-order chi connectivity index (χ0) is 11.4. The molecule has 0 radical (unpaired) electrons. The molecule has 0 aromatic carbocycles. The van der Waals surface area contributed by atoms with Crippen molar-refractivity contribution in [2.24, 2.45) is 16.7 Å². The molecule has 0 aliphatic heterocycles. The third kappa shape index (κ3) is 2.52. The van der Waals surface area contributed by atoms with Crippen LogP contribution < -0.4 is 11.6 Å². The topological polar surface area (TPSA) is 103 Å². The minimum Gasteiger partial charge on any atom is -0.377 e. The van der Waals surface area contributed by atoms with E-state index in [0.29, 0.717) is 22.6 Å². The average molecular weight is 255 g/mol. The lowest BCUT2D eigenvalue weighted by molar-refractivity contribution is 0.425. The summed E-state index contributed by atoms with van der Waals surface area (Å²) in [6, 6.07) is 1.92. The van der Waals surface area contributed by atoms with E-state index < -0.39 is 0 Å². The van der Waals surface area contributed by atoms with E-state index in [4.69, 9.17) is 16.1 Å². The molecule has 2 aromatic heterocycles. The Balaban J connectivity index is 2.03. The van der Waals surface area contributed by atoms with E-state index in [1.807, 2.05) is 16.8 Å². The van der Waals surface area contributed by atoms with E-state index >= 15 is 0 Å². The number of rotatable bonds is 3. The molecule has 4 N–H and O–H groups in total. The first-order chi connectivity index (χ1) is 7.79. The van der Waals surface area contributed by atoms with Gasteiger partial charge in [-0.3, -0.25) is 0 Å². The summed E-state index contributed by atoms with van der Waals surface area (Å²) in [6.45, 7) is 0. The Hall–Kier alpha value is -1.54. The minimum atomic E-state index is 0.293. The highest BCUT2D eigenvalue weighted by molar-refractivity contribution is 8.13. The van der Waals surface area contributed by atoms with Gasteiger partial charge in [-0.1, -0.05) is 16.9 Å². The first-order valence-electron chi connectivity index (χ1n) is 4.31. The normalized spacial score (nSPS) is 11.9. The molecule has 0 aliphatic carbocycles. The van der Waals surface area contributed by atoms with E-state index in [1.165, 1.54) is 11.8 Å². The van der Waals surface area contributed by atoms with Gasteiger partial charge in [0.25, 0.3) is 5.89 Å². The maximum atomic E-state index is 5.43. The number of hydrogen-bond donors (Lipinski definition) is 2. The van der Waals surface area contributed by atoms with Crippen molar-refractivity contribution in [2.75, 3.05) is 0 Å². The molecule has 6 nitrogen and oxygen atoms in total. The number of aromatic nitrogens is 2. The van der Waals surface area contributed by atoms with Crippen molar-refractivity contribution in [3.63, 3.8) is 0 Å². The Labute approximate surface area is 99.7 Å². The maximum absolute atomic E-state index is 5.43. The van der Waals surface area contributed by atoms with Crippen molar-refractivity contribution in [1.29, 1.82) is 0 Å². The number of nitrogens with two attached hydrogens (primary N) is 2. The Kier molecular flexibility index (Phi) is 3.42. The monoisotopic (exact) mass is 255 g/mol. The van der Waals surface area contributed by atoms with E-state index in [-0.39, 0.29) is 0 Å². The van der Waals surface area contributed by atoms with Crippen molar-refractivity contribution >= 4 is 28.3 Å². The standard InChI is InChI=1S/C8H9N5OS2/c9-8(12-10)16-4-6-11-7(14-13-6)5-1-2-15-3-5/h1-3H,4,10H2,(H2,9,12). The molecule has 0 saturated heterocycles. The summed E-state index contributed by atoms with van der Waals surface area (Å²) in [5.74, 6) is 6.57. The molecule has 0 spiro atoms. The Bertz CT molecular complexity index is 478. The summed E-state index contributed by atoms with van der Waals surface area (Å²) in [7, 11) is 0. The summed E-state index contributed by atoms with van der Waals surface area (Å²) < 4.78 is 5.10. The number of nitrogens with zero attached hydrogens (tertiary/aromatic N) is 3. The number of hydrazone groups is 1. The van der Waals surface area contributed by atoms with Crippen molar-refractivity contribution in [1.82, 2.24) is 10.1 Å². The largest absolute Gasteiger partial charge is 0.377 e. The van der Waals surface area contributed by atoms with Crippen molar-refractivity contribution in [2.45, 2.75) is 5.75 Å². The number of amidine groups is 1. The van der Waals surface area contributed by atoms with Gasteiger partial charge in [0.05, 0.1) is 11.3 Å². The van der Waals surface area contributed by atoms with Crippen LogP contribution in [-0.4, -0.2) is 15.3 Å². The molecular weight excluding hydrogens is 246 g/mol. The molecule has 0 aliphatic rings. The second-order valence-corrected chi connectivity index (χ2v) is 4.56. The molecule has 84 valence electrons. The fourth-order valence-corrected chi connectivity index (χ4v) is 2.09. The van der Waals surface area contributed by atoms with Crippen LogP contribution in [0, 0.1) is 0 Å². The molecule has 0 fully saturated rings. The average Bonchev–Trinajstić information content (AvgIpc) is 2.95. The van der Waals surface area contributed by atoms with Crippen LogP contribution in [0.5, 0.6) is 0 Å². The van der Waals surface area contributed by atoms with Crippen molar-refractivity contribution in [3.8, 4) is 11.5 Å². The van der Waals surface area contributed by atoms with Gasteiger partial charge in [-0.05, 0) is 11.4 Å². The second kappa shape index (κ2) is 4.99. The Morgan fingerprint density at radius 2 is 2.50 bits per heavy atom. The molecule has 2 aromatic rings. The molecule has 16 heavy (non-hydrogen) atoms. The van der Waals surface area contributed by atoms with Gasteiger partial charge in [0.2, 0.25) is 0 Å². The quantitative estimate of drug-likeness (QED) is 0.370. The second-order valence-electron chi connectivity index (χ2n) is 2.78. The molecular formula is C8H9N5OS2. The number of thiophene rings is 1. The van der Waals surface area contributed by atoms with E-state index in [1.54, 1.807) is 11.3 Å². The highest BCUT2D eigenvalue weighted by Crippen LogP contribution is 2.20. The van der Waals surface area contributed by atoms with Crippen LogP contribution in [0.2, 0.25) is 0 Å². The van der Waals surface area contributed by atoms with Gasteiger partial charge in [0.15, 0.2) is 11.0 Å². The van der Waals surface area contributed by atoms with Crippen molar-refractivity contribution < 1.29 is 4.52 Å². The molecule has 0 atom stereocenters. The molecule has 0 amide bonds. The Morgan fingerprint density at radius 1 is 1.62 bits per heavy atom. The van der Waals surface area contributed by atoms with Gasteiger partial charge in [-0.15, -0.1) is 0 Å². The fourth-order valence-electron chi connectivity index (χ4n) is 0.992. The van der Waals surface area contributed by atoms with Crippen LogP contribution in [0.1, 0.15) is 5.82 Å². The number of thioether (sulfide) groups is 1. The van der Waals surface area contributed by atoms with Crippen LogP contribution in [0.15, 0.2) is 26.5 Å². The lowest BCUT2D eigenvalue weighted by atomic mass is 10.3. The molecule has 2 rings (SSSR count). The van der Waals surface area contributed by atoms with Crippen LogP contribution in [0.25, 0.3) is 11.5 Å². The zero-order valence-corrected chi connectivity index (χ0v) is 9.79. The van der Waals surface area contributed by atoms with Gasteiger partial charge in [0, 0.05) is 5.38 Å². The summed E-state index contributed by atoms with van der Waals surface area (Å²) in [5, 5.41) is 11.3. The molecule has 2 heterocycles. The smallest absolute Gasteiger partial charge is 0.258 e. The number of hydrogen-bond acceptors (Lipinski definition) is 7.